The molecule has 37 heavy (non-hydrogen) atoms. The molecule has 190 valence electrons. The van der Waals surface area contributed by atoms with Crippen molar-refractivity contribution in [1.29, 1.82) is 0 Å². The Morgan fingerprint density at radius 1 is 0.973 bits per heavy atom. The molecule has 3 aromatic carbocycles. The van der Waals surface area contributed by atoms with Gasteiger partial charge in [-0.15, -0.1) is 0 Å². The second kappa shape index (κ2) is 12.0. The third-order valence-corrected chi connectivity index (χ3v) is 6.63. The Bertz CT molecular complexity index is 1380. The third-order valence-electron chi connectivity index (χ3n) is 6.13. The number of unbranched alkanes of at least 4 members (excludes halogenated alkanes) is 1. The second-order valence-electron chi connectivity index (χ2n) is 9.06. The van der Waals surface area contributed by atoms with Crippen molar-refractivity contribution in [2.24, 2.45) is 0 Å². The monoisotopic (exact) mass is 558 g/mol. The number of carbonyl (C=O) groups excluding carboxylic acids is 2. The van der Waals surface area contributed by atoms with Gasteiger partial charge in [0, 0.05) is 22.1 Å². The topological polar surface area (TPSA) is 67.2 Å². The number of aryl methyl sites for hydroxylation is 2. The van der Waals surface area contributed by atoms with Gasteiger partial charge in [-0.25, -0.2) is 4.68 Å². The summed E-state index contributed by atoms with van der Waals surface area (Å²) >= 11 is 3.43. The van der Waals surface area contributed by atoms with Gasteiger partial charge in [0.25, 0.3) is 5.91 Å². The largest absolute Gasteiger partial charge is 0.329 e. The Labute approximate surface area is 226 Å². The van der Waals surface area contributed by atoms with Crippen LogP contribution in [0.1, 0.15) is 41.4 Å². The summed E-state index contributed by atoms with van der Waals surface area (Å²) in [5, 5.41) is 7.87. The molecule has 0 fully saturated rings. The molecule has 0 aliphatic rings. The maximum atomic E-state index is 13.5. The predicted octanol–water partition coefficient (Wildman–Crippen LogP) is 6.80. The highest BCUT2D eigenvalue weighted by Crippen LogP contribution is 2.33. The quantitative estimate of drug-likeness (QED) is 0.245. The first-order chi connectivity index (χ1) is 17.9. The molecule has 0 bridgehead atoms. The molecule has 0 saturated carbocycles. The minimum atomic E-state index is -0.273. The highest BCUT2D eigenvalue weighted by molar-refractivity contribution is 9.10. The molecule has 0 spiro atoms. The average Bonchev–Trinajstić information content (AvgIpc) is 3.22. The Morgan fingerprint density at radius 2 is 1.70 bits per heavy atom. The van der Waals surface area contributed by atoms with Crippen LogP contribution in [0.5, 0.6) is 0 Å². The molecule has 0 aliphatic heterocycles. The molecule has 0 aliphatic carbocycles. The Hall–Kier alpha value is -3.71. The predicted molar refractivity (Wildman–Crippen MR) is 152 cm³/mol. The molecule has 0 radical (unpaired) electrons. The smallest absolute Gasteiger partial charge is 0.254 e. The zero-order valence-corrected chi connectivity index (χ0v) is 23.0. The van der Waals surface area contributed by atoms with Crippen molar-refractivity contribution in [3.8, 4) is 16.8 Å². The average molecular weight is 560 g/mol. The number of nitrogens with one attached hydrogen (secondary N) is 1. The number of aromatic nitrogens is 2. The molecule has 1 aromatic heterocycles. The lowest BCUT2D eigenvalue weighted by Gasteiger charge is -2.22. The number of amides is 2. The van der Waals surface area contributed by atoms with Gasteiger partial charge in [0.05, 0.1) is 11.4 Å². The Kier molecular flexibility index (Phi) is 8.56. The lowest BCUT2D eigenvalue weighted by molar-refractivity contribution is -0.116. The van der Waals surface area contributed by atoms with E-state index < -0.39 is 0 Å². The van der Waals surface area contributed by atoms with Crippen LogP contribution in [0.25, 0.3) is 16.8 Å². The maximum absolute atomic E-state index is 13.5. The number of hydrogen-bond donors (Lipinski definition) is 1. The van der Waals surface area contributed by atoms with Gasteiger partial charge in [-0.2, -0.15) is 5.10 Å². The third kappa shape index (κ3) is 6.35. The van der Waals surface area contributed by atoms with Crippen LogP contribution in [0, 0.1) is 13.8 Å². The first kappa shape index (κ1) is 26.4. The fraction of sp³-hybridized carbons (Fsp3) is 0.233. The van der Waals surface area contributed by atoms with E-state index >= 15 is 0 Å². The van der Waals surface area contributed by atoms with Gasteiger partial charge in [-0.3, -0.25) is 9.59 Å². The minimum Gasteiger partial charge on any atom is -0.329 e. The highest BCUT2D eigenvalue weighted by atomic mass is 79.9. The van der Waals surface area contributed by atoms with Crippen LogP contribution in [0.2, 0.25) is 0 Å². The van der Waals surface area contributed by atoms with Crippen molar-refractivity contribution < 1.29 is 9.59 Å². The van der Waals surface area contributed by atoms with E-state index in [2.05, 4.69) is 28.2 Å². The summed E-state index contributed by atoms with van der Waals surface area (Å²) in [4.78, 5) is 28.4. The van der Waals surface area contributed by atoms with E-state index in [9.17, 15) is 9.59 Å². The number of anilines is 1. The van der Waals surface area contributed by atoms with Crippen molar-refractivity contribution in [3.05, 3.63) is 100 Å². The Balaban J connectivity index is 1.67. The van der Waals surface area contributed by atoms with E-state index in [1.54, 1.807) is 21.7 Å². The van der Waals surface area contributed by atoms with Crippen LogP contribution in [0.3, 0.4) is 0 Å². The summed E-state index contributed by atoms with van der Waals surface area (Å²) in [7, 11) is 0. The van der Waals surface area contributed by atoms with Crippen molar-refractivity contribution in [2.75, 3.05) is 18.4 Å². The van der Waals surface area contributed by atoms with Gasteiger partial charge < -0.3 is 10.2 Å². The van der Waals surface area contributed by atoms with Crippen molar-refractivity contribution in [1.82, 2.24) is 14.7 Å². The lowest BCUT2D eigenvalue weighted by Crippen LogP contribution is -2.39. The number of benzene rings is 3. The molecular formula is C30H31BrN4O2. The number of halogens is 1. The number of rotatable bonds is 9. The minimum absolute atomic E-state index is 0.0578. The molecule has 0 saturated heterocycles. The van der Waals surface area contributed by atoms with Gasteiger partial charge >= 0.3 is 0 Å². The molecule has 7 heteroatoms. The highest BCUT2D eigenvalue weighted by Gasteiger charge is 2.23. The molecule has 6 nitrogen and oxygen atoms in total. The van der Waals surface area contributed by atoms with Gasteiger partial charge in [-0.05, 0) is 56.2 Å². The molecule has 1 N–H and O–H groups in total. The van der Waals surface area contributed by atoms with E-state index in [1.807, 2.05) is 80.6 Å². The molecule has 0 unspecified atom stereocenters. The molecule has 4 rings (SSSR count). The van der Waals surface area contributed by atoms with Crippen LogP contribution in [0.15, 0.2) is 83.3 Å². The van der Waals surface area contributed by atoms with E-state index in [1.165, 1.54) is 0 Å². The summed E-state index contributed by atoms with van der Waals surface area (Å²) < 4.78 is 2.59. The first-order valence-corrected chi connectivity index (χ1v) is 13.2. The van der Waals surface area contributed by atoms with Crippen molar-refractivity contribution in [3.63, 3.8) is 0 Å². The molecule has 2 amide bonds. The molecular weight excluding hydrogens is 528 g/mol. The molecule has 4 aromatic rings. The van der Waals surface area contributed by atoms with E-state index in [0.29, 0.717) is 17.9 Å². The summed E-state index contributed by atoms with van der Waals surface area (Å²) in [5.41, 5.74) is 5.15. The second-order valence-corrected chi connectivity index (χ2v) is 9.98. The zero-order chi connectivity index (χ0) is 26.4. The summed E-state index contributed by atoms with van der Waals surface area (Å²) in [6, 6.07) is 25.1. The number of nitrogens with zero attached hydrogens (tertiary/aromatic N) is 3. The van der Waals surface area contributed by atoms with Gasteiger partial charge in [0.2, 0.25) is 5.91 Å². The van der Waals surface area contributed by atoms with Crippen molar-refractivity contribution >= 4 is 33.6 Å². The van der Waals surface area contributed by atoms with Crippen LogP contribution >= 0.6 is 15.9 Å². The van der Waals surface area contributed by atoms with E-state index in [4.69, 9.17) is 5.10 Å². The van der Waals surface area contributed by atoms with Gasteiger partial charge in [0.1, 0.15) is 12.4 Å². The summed E-state index contributed by atoms with van der Waals surface area (Å²) in [5.74, 6) is 0.143. The van der Waals surface area contributed by atoms with Crippen LogP contribution in [-0.2, 0) is 4.79 Å². The summed E-state index contributed by atoms with van der Waals surface area (Å²) in [6.45, 7) is 6.47. The molecule has 1 heterocycles. The molecule has 0 atom stereocenters. The first-order valence-electron chi connectivity index (χ1n) is 12.4. The number of carbonyl (C=O) groups is 2. The SMILES string of the molecule is CCCCN(CC(=O)Nc1c(-c2ccccc2)c(C)nn1-c1ccc(C)cc1)C(=O)c1cccc(Br)c1. The van der Waals surface area contributed by atoms with Crippen molar-refractivity contribution in [2.45, 2.75) is 33.6 Å². The maximum Gasteiger partial charge on any atom is 0.254 e. The number of hydrogen-bond acceptors (Lipinski definition) is 3. The normalized spacial score (nSPS) is 10.8. The van der Waals surface area contributed by atoms with Gasteiger partial charge in [-0.1, -0.05) is 83.4 Å². The fourth-order valence-corrected chi connectivity index (χ4v) is 4.62. The van der Waals surface area contributed by atoms with Gasteiger partial charge in [0.15, 0.2) is 0 Å². The lowest BCUT2D eigenvalue weighted by atomic mass is 10.1. The standard InChI is InChI=1S/C30H31BrN4O2/c1-4-5-18-34(30(37)24-12-9-13-25(31)19-24)20-27(36)32-29-28(23-10-7-6-8-11-23)22(3)33-35(29)26-16-14-21(2)15-17-26/h6-17,19H,4-5,18,20H2,1-3H3,(H,32,36). The van der Waals surface area contributed by atoms with Crippen LogP contribution < -0.4 is 5.32 Å². The zero-order valence-electron chi connectivity index (χ0n) is 21.4. The van der Waals surface area contributed by atoms with Crippen LogP contribution in [0.4, 0.5) is 5.82 Å². The van der Waals surface area contributed by atoms with E-state index in [-0.39, 0.29) is 18.4 Å². The summed E-state index contributed by atoms with van der Waals surface area (Å²) in [6.07, 6.45) is 1.73. The fourth-order valence-electron chi connectivity index (χ4n) is 4.22. The Morgan fingerprint density at radius 3 is 2.38 bits per heavy atom. The van der Waals surface area contributed by atoms with Crippen LogP contribution in [-0.4, -0.2) is 39.6 Å². The van der Waals surface area contributed by atoms with E-state index in [0.717, 1.165) is 45.4 Å².